The number of nitrogens with zero attached hydrogens (tertiary/aromatic N) is 2. The number of hydrogen-bond donors (Lipinski definition) is 0. The first kappa shape index (κ1) is 19.4. The second kappa shape index (κ2) is 8.12. The molecular formula is C15H16N2O2P2S4. The van der Waals surface area contributed by atoms with E-state index in [1.54, 1.807) is 14.2 Å². The number of benzene rings is 2. The molecule has 0 spiro atoms. The first-order valence-electron chi connectivity index (χ1n) is 7.25. The van der Waals surface area contributed by atoms with Gasteiger partial charge in [0, 0.05) is 17.7 Å². The van der Waals surface area contributed by atoms with E-state index in [2.05, 4.69) is 22.4 Å². The summed E-state index contributed by atoms with van der Waals surface area (Å²) >= 11 is 15.5. The molecule has 0 amide bonds. The van der Waals surface area contributed by atoms with Gasteiger partial charge < -0.3 is 9.47 Å². The van der Waals surface area contributed by atoms with Gasteiger partial charge in [-0.15, -0.1) is 0 Å². The van der Waals surface area contributed by atoms with Gasteiger partial charge >= 0.3 is 0 Å². The van der Waals surface area contributed by atoms with E-state index in [4.69, 9.17) is 33.1 Å². The Morgan fingerprint density at radius 1 is 0.880 bits per heavy atom. The molecule has 4 nitrogen and oxygen atoms in total. The summed E-state index contributed by atoms with van der Waals surface area (Å²) in [7, 11) is 3.29. The smallest absolute Gasteiger partial charge is 0.198 e. The molecule has 0 N–H and O–H groups in total. The summed E-state index contributed by atoms with van der Waals surface area (Å²) in [4.78, 5) is 0. The van der Waals surface area contributed by atoms with E-state index in [1.807, 2.05) is 58.4 Å². The fraction of sp³-hybridized carbons (Fsp3) is 0.200. The SMILES string of the molecule is CN=NCOc1ccc(P2(=S)SP(=S)(c3ccc(OC)cc3)S2)cc1. The Balaban J connectivity index is 1.70. The zero-order valence-electron chi connectivity index (χ0n) is 13.6. The normalized spacial score (nSPS) is 25.5. The van der Waals surface area contributed by atoms with Crippen molar-refractivity contribution in [2.75, 3.05) is 20.9 Å². The van der Waals surface area contributed by atoms with Gasteiger partial charge in [-0.1, -0.05) is 45.6 Å². The van der Waals surface area contributed by atoms with Crippen LogP contribution >= 0.6 is 30.9 Å². The number of rotatable bonds is 6. The Bertz CT molecular complexity index is 858. The largest absolute Gasteiger partial charge is 0.497 e. The van der Waals surface area contributed by atoms with E-state index >= 15 is 0 Å². The van der Waals surface area contributed by atoms with Crippen LogP contribution in [0, 0.1) is 0 Å². The molecule has 0 saturated carbocycles. The summed E-state index contributed by atoms with van der Waals surface area (Å²) in [6.45, 7) is 0.228. The summed E-state index contributed by atoms with van der Waals surface area (Å²) in [5, 5.41) is 9.82. The maximum Gasteiger partial charge on any atom is 0.198 e. The minimum atomic E-state index is -1.72. The lowest BCUT2D eigenvalue weighted by Crippen LogP contribution is -2.09. The molecule has 0 atom stereocenters. The molecule has 0 unspecified atom stereocenters. The average molecular weight is 447 g/mol. The molecule has 25 heavy (non-hydrogen) atoms. The minimum Gasteiger partial charge on any atom is -0.497 e. The molecule has 1 fully saturated rings. The van der Waals surface area contributed by atoms with Gasteiger partial charge in [-0.25, -0.2) is 0 Å². The zero-order valence-corrected chi connectivity index (χ0v) is 18.6. The van der Waals surface area contributed by atoms with Crippen LogP contribution in [0.3, 0.4) is 0 Å². The highest BCUT2D eigenvalue weighted by Gasteiger charge is 2.45. The highest BCUT2D eigenvalue weighted by Crippen LogP contribution is 3.04. The number of azo groups is 1. The lowest BCUT2D eigenvalue weighted by molar-refractivity contribution is 0.323. The lowest BCUT2D eigenvalue weighted by Gasteiger charge is -2.40. The van der Waals surface area contributed by atoms with Gasteiger partial charge in [0.05, 0.1) is 16.0 Å². The van der Waals surface area contributed by atoms with Crippen LogP contribution in [0.1, 0.15) is 0 Å². The van der Waals surface area contributed by atoms with Crippen molar-refractivity contribution in [2.45, 2.75) is 0 Å². The second-order valence-electron chi connectivity index (χ2n) is 4.97. The van der Waals surface area contributed by atoms with Gasteiger partial charge in [0.2, 0.25) is 0 Å². The molecule has 1 heterocycles. The predicted octanol–water partition coefficient (Wildman–Crippen LogP) is 5.16. The molecule has 2 aromatic rings. The molecule has 1 aliphatic heterocycles. The van der Waals surface area contributed by atoms with Crippen LogP contribution in [0.25, 0.3) is 0 Å². The van der Waals surface area contributed by atoms with Crippen LogP contribution in [0.2, 0.25) is 0 Å². The predicted molar refractivity (Wildman–Crippen MR) is 119 cm³/mol. The highest BCUT2D eigenvalue weighted by molar-refractivity contribution is 9.48. The van der Waals surface area contributed by atoms with Crippen molar-refractivity contribution in [3.8, 4) is 11.5 Å². The molecule has 0 aliphatic carbocycles. The summed E-state index contributed by atoms with van der Waals surface area (Å²) in [5.74, 6) is 1.61. The third kappa shape index (κ3) is 4.32. The Morgan fingerprint density at radius 3 is 1.80 bits per heavy atom. The monoisotopic (exact) mass is 446 g/mol. The third-order valence-corrected chi connectivity index (χ3v) is 34.6. The standard InChI is InChI=1S/C15H16N2O2P2S4/c1-16-17-11-19-13-5-9-15(10-6-13)21(23)24-20(22,25-21)14-7-3-12(18-2)4-8-14/h3-10H,11H2,1-2H3. The van der Waals surface area contributed by atoms with Crippen LogP contribution in [0.15, 0.2) is 58.8 Å². The number of methoxy groups -OCH3 is 1. The highest BCUT2D eigenvalue weighted by atomic mass is 33.7. The fourth-order valence-electron chi connectivity index (χ4n) is 2.13. The first-order chi connectivity index (χ1) is 12.0. The quantitative estimate of drug-likeness (QED) is 0.451. The Morgan fingerprint density at radius 2 is 1.36 bits per heavy atom. The fourth-order valence-corrected chi connectivity index (χ4v) is 44.4. The van der Waals surface area contributed by atoms with Gasteiger partial charge in [-0.3, -0.25) is 0 Å². The first-order valence-corrected chi connectivity index (χ1v) is 16.9. The molecule has 0 bridgehead atoms. The molecule has 0 radical (unpaired) electrons. The van der Waals surface area contributed by atoms with Crippen molar-refractivity contribution in [3.05, 3.63) is 48.5 Å². The maximum atomic E-state index is 5.94. The van der Waals surface area contributed by atoms with Crippen LogP contribution in [0.4, 0.5) is 0 Å². The molecule has 2 aromatic carbocycles. The summed E-state index contributed by atoms with van der Waals surface area (Å²) in [6, 6.07) is 16.0. The summed E-state index contributed by atoms with van der Waals surface area (Å²) in [5.41, 5.74) is 0. The molecule has 132 valence electrons. The van der Waals surface area contributed by atoms with Crippen LogP contribution < -0.4 is 20.1 Å². The van der Waals surface area contributed by atoms with Crippen LogP contribution in [0.5, 0.6) is 11.5 Å². The summed E-state index contributed by atoms with van der Waals surface area (Å²) in [6.07, 6.45) is 0. The second-order valence-corrected chi connectivity index (χ2v) is 26.3. The van der Waals surface area contributed by atoms with Crippen molar-refractivity contribution in [1.82, 2.24) is 0 Å². The minimum absolute atomic E-state index is 0.228. The Hall–Kier alpha value is -0.360. The van der Waals surface area contributed by atoms with Crippen molar-refractivity contribution < 1.29 is 9.47 Å². The van der Waals surface area contributed by atoms with Crippen molar-refractivity contribution in [1.29, 1.82) is 0 Å². The van der Waals surface area contributed by atoms with E-state index in [9.17, 15) is 0 Å². The van der Waals surface area contributed by atoms with E-state index in [1.165, 1.54) is 10.6 Å². The molecule has 10 heteroatoms. The average Bonchev–Trinajstić information content (AvgIpc) is 2.61. The van der Waals surface area contributed by atoms with Crippen molar-refractivity contribution in [3.63, 3.8) is 0 Å². The van der Waals surface area contributed by atoms with Crippen molar-refractivity contribution in [2.24, 2.45) is 10.2 Å². The van der Waals surface area contributed by atoms with E-state index in [0.717, 1.165) is 11.5 Å². The van der Waals surface area contributed by atoms with Crippen LogP contribution in [-0.2, 0) is 23.6 Å². The van der Waals surface area contributed by atoms with Gasteiger partial charge in [0.1, 0.15) is 11.5 Å². The lowest BCUT2D eigenvalue weighted by atomic mass is 10.3. The van der Waals surface area contributed by atoms with Crippen molar-refractivity contribution >= 4 is 65.1 Å². The maximum absolute atomic E-state index is 5.94. The third-order valence-electron chi connectivity index (χ3n) is 3.40. The van der Waals surface area contributed by atoms with Gasteiger partial charge in [-0.2, -0.15) is 10.2 Å². The van der Waals surface area contributed by atoms with Gasteiger partial charge in [-0.05, 0) is 48.5 Å². The number of hydrogen-bond acceptors (Lipinski definition) is 8. The van der Waals surface area contributed by atoms with Gasteiger partial charge in [0.15, 0.2) is 6.73 Å². The topological polar surface area (TPSA) is 43.2 Å². The Kier molecular flexibility index (Phi) is 6.30. The van der Waals surface area contributed by atoms with Crippen LogP contribution in [-0.4, -0.2) is 20.9 Å². The number of ether oxygens (including phenoxy) is 2. The molecule has 0 aromatic heterocycles. The van der Waals surface area contributed by atoms with E-state index < -0.39 is 8.88 Å². The van der Waals surface area contributed by atoms with E-state index in [-0.39, 0.29) is 6.73 Å². The summed E-state index contributed by atoms with van der Waals surface area (Å²) < 4.78 is 7.28. The molecule has 1 aliphatic rings. The molecular weight excluding hydrogens is 430 g/mol. The molecule has 1 saturated heterocycles. The zero-order chi connectivity index (χ0) is 17.9. The molecule has 3 rings (SSSR count). The van der Waals surface area contributed by atoms with Gasteiger partial charge in [0.25, 0.3) is 0 Å². The Labute approximate surface area is 165 Å². The van der Waals surface area contributed by atoms with E-state index in [0.29, 0.717) is 0 Å².